The molecule has 6 heteroatoms. The van der Waals surface area contributed by atoms with Gasteiger partial charge in [0.25, 0.3) is 0 Å². The van der Waals surface area contributed by atoms with Crippen molar-refractivity contribution in [1.29, 1.82) is 0 Å². The number of carbonyl (C=O) groups excluding carboxylic acids is 2. The molecule has 1 fully saturated rings. The number of carbonyl (C=O) groups is 3. The molecule has 0 radical (unpaired) electrons. The first-order chi connectivity index (χ1) is 10.4. The van der Waals surface area contributed by atoms with E-state index in [-0.39, 0.29) is 23.5 Å². The number of carboxylic acid groups (broad SMARTS) is 1. The van der Waals surface area contributed by atoms with Gasteiger partial charge in [0.05, 0.1) is 11.6 Å². The summed E-state index contributed by atoms with van der Waals surface area (Å²) >= 11 is 0. The van der Waals surface area contributed by atoms with Crippen LogP contribution in [-0.4, -0.2) is 32.3 Å². The van der Waals surface area contributed by atoms with Crippen molar-refractivity contribution in [2.45, 2.75) is 38.1 Å². The predicted octanol–water partition coefficient (Wildman–Crippen LogP) is 1.90. The van der Waals surface area contributed by atoms with Crippen LogP contribution in [0, 0.1) is 5.92 Å². The second-order valence-electron chi connectivity index (χ2n) is 6.07. The lowest BCUT2D eigenvalue weighted by molar-refractivity contribution is -0.143. The van der Waals surface area contributed by atoms with Crippen LogP contribution in [0.25, 0.3) is 5.76 Å². The number of Topliss-reactive ketones (excluding diaryl/α,β-unsaturated/α-hetero) is 2. The topological polar surface area (TPSA) is 96.6 Å². The molecule has 116 valence electrons. The fraction of sp³-hybridized carbons (Fsp3) is 0.438. The van der Waals surface area contributed by atoms with E-state index >= 15 is 0 Å². The summed E-state index contributed by atoms with van der Waals surface area (Å²) in [5.41, 5.74) is -0.563. The van der Waals surface area contributed by atoms with Gasteiger partial charge in [0.1, 0.15) is 11.1 Å². The Bertz CT molecular complexity index is 708. The number of rotatable bonds is 4. The molecule has 2 heterocycles. The molecule has 0 amide bonds. The van der Waals surface area contributed by atoms with Crippen LogP contribution in [-0.2, 0) is 19.9 Å². The van der Waals surface area contributed by atoms with Gasteiger partial charge in [-0.2, -0.15) is 0 Å². The molecular formula is C16H17NO5. The Hall–Kier alpha value is -2.37. The number of aliphatic hydroxyl groups excluding tert-OH is 1. The minimum absolute atomic E-state index is 0.237. The molecule has 0 bridgehead atoms. The summed E-state index contributed by atoms with van der Waals surface area (Å²) in [5, 5.41) is 19.2. The van der Waals surface area contributed by atoms with E-state index in [1.165, 1.54) is 6.92 Å². The van der Waals surface area contributed by atoms with Crippen molar-refractivity contribution in [2.24, 2.45) is 5.92 Å². The maximum atomic E-state index is 12.8. The van der Waals surface area contributed by atoms with Crippen LogP contribution < -0.4 is 0 Å². The second kappa shape index (κ2) is 4.83. The highest BCUT2D eigenvalue weighted by Gasteiger charge is 2.52. The van der Waals surface area contributed by atoms with Crippen molar-refractivity contribution in [1.82, 2.24) is 4.57 Å². The van der Waals surface area contributed by atoms with E-state index in [2.05, 4.69) is 0 Å². The van der Waals surface area contributed by atoms with E-state index in [4.69, 9.17) is 5.11 Å². The molecule has 6 nitrogen and oxygen atoms in total. The summed E-state index contributed by atoms with van der Waals surface area (Å²) < 4.78 is 1.74. The molecule has 0 saturated heterocycles. The van der Waals surface area contributed by atoms with Gasteiger partial charge >= 0.3 is 5.97 Å². The Kier molecular flexibility index (Phi) is 3.20. The quantitative estimate of drug-likeness (QED) is 0.828. The van der Waals surface area contributed by atoms with Gasteiger partial charge in [-0.15, -0.1) is 0 Å². The van der Waals surface area contributed by atoms with Gasteiger partial charge in [-0.1, -0.05) is 6.92 Å². The molecule has 2 aliphatic rings. The molecule has 1 spiro atoms. The Labute approximate surface area is 127 Å². The van der Waals surface area contributed by atoms with Crippen molar-refractivity contribution in [3.05, 3.63) is 29.6 Å². The number of aliphatic hydroxyl groups is 1. The van der Waals surface area contributed by atoms with Gasteiger partial charge in [-0.25, -0.2) is 0 Å². The molecule has 1 aliphatic heterocycles. The third-order valence-electron chi connectivity index (χ3n) is 4.71. The number of allylic oxidation sites excluding steroid dienone is 1. The normalized spacial score (nSPS) is 20.5. The maximum absolute atomic E-state index is 12.8. The van der Waals surface area contributed by atoms with Crippen molar-refractivity contribution in [2.75, 3.05) is 0 Å². The van der Waals surface area contributed by atoms with Gasteiger partial charge in [-0.05, 0) is 31.4 Å². The lowest BCUT2D eigenvalue weighted by Crippen LogP contribution is -2.52. The average molecular weight is 303 g/mol. The molecule has 2 N–H and O–H groups in total. The number of fused-ring (bicyclic) bond motifs is 2. The van der Waals surface area contributed by atoms with Gasteiger partial charge in [0.15, 0.2) is 17.3 Å². The van der Waals surface area contributed by atoms with E-state index in [0.717, 1.165) is 6.42 Å². The highest BCUT2D eigenvalue weighted by Crippen LogP contribution is 2.47. The smallest absolute Gasteiger partial charge is 0.306 e. The molecule has 1 aromatic heterocycles. The first-order valence-corrected chi connectivity index (χ1v) is 7.31. The predicted molar refractivity (Wildman–Crippen MR) is 77.2 cm³/mol. The number of aromatic nitrogens is 1. The lowest BCUT2D eigenvalue weighted by Gasteiger charge is -2.45. The van der Waals surface area contributed by atoms with E-state index in [1.54, 1.807) is 22.9 Å². The highest BCUT2D eigenvalue weighted by atomic mass is 16.4. The fourth-order valence-electron chi connectivity index (χ4n) is 3.23. The SMILES string of the molecule is C[C@H](CC(=O)C1=C(O)c2cccn2C2(CCC2)C1=O)C(=O)O. The summed E-state index contributed by atoms with van der Waals surface area (Å²) in [6, 6.07) is 3.39. The molecule has 3 rings (SSSR count). The van der Waals surface area contributed by atoms with E-state index in [1.807, 2.05) is 0 Å². The van der Waals surface area contributed by atoms with E-state index < -0.39 is 23.2 Å². The van der Waals surface area contributed by atoms with Crippen LogP contribution in [0.3, 0.4) is 0 Å². The van der Waals surface area contributed by atoms with E-state index in [0.29, 0.717) is 18.5 Å². The zero-order valence-electron chi connectivity index (χ0n) is 12.2. The maximum Gasteiger partial charge on any atom is 0.306 e. The Morgan fingerprint density at radius 3 is 2.64 bits per heavy atom. The first-order valence-electron chi connectivity index (χ1n) is 7.31. The molecule has 22 heavy (non-hydrogen) atoms. The lowest BCUT2D eigenvalue weighted by atomic mass is 9.68. The standard InChI is InChI=1S/C16H17NO5/c1-9(15(21)22)8-11(18)12-13(19)10-4-2-7-17(10)16(14(12)20)5-3-6-16/h2,4,7,9,19H,3,5-6,8H2,1H3,(H,21,22)/t9-/m1/s1. The van der Waals surface area contributed by atoms with Gasteiger partial charge < -0.3 is 14.8 Å². The number of hydrogen-bond donors (Lipinski definition) is 2. The van der Waals surface area contributed by atoms with Crippen LogP contribution in [0.5, 0.6) is 0 Å². The number of ketones is 2. The molecule has 1 aliphatic carbocycles. The minimum atomic E-state index is -1.10. The van der Waals surface area contributed by atoms with E-state index in [9.17, 15) is 19.5 Å². The molecule has 0 unspecified atom stereocenters. The van der Waals surface area contributed by atoms with Crippen molar-refractivity contribution >= 4 is 23.3 Å². The van der Waals surface area contributed by atoms with Crippen LogP contribution in [0.15, 0.2) is 23.9 Å². The zero-order chi connectivity index (χ0) is 16.1. The minimum Gasteiger partial charge on any atom is -0.505 e. The highest BCUT2D eigenvalue weighted by molar-refractivity contribution is 6.28. The Morgan fingerprint density at radius 1 is 1.41 bits per heavy atom. The van der Waals surface area contributed by atoms with Crippen LogP contribution in [0.4, 0.5) is 0 Å². The molecule has 0 aromatic carbocycles. The van der Waals surface area contributed by atoms with Crippen molar-refractivity contribution in [3.8, 4) is 0 Å². The summed E-state index contributed by atoms with van der Waals surface area (Å²) in [6.45, 7) is 1.41. The second-order valence-corrected chi connectivity index (χ2v) is 6.07. The first kappa shape index (κ1) is 14.6. The third kappa shape index (κ3) is 1.83. The average Bonchev–Trinajstić information content (AvgIpc) is 2.86. The largest absolute Gasteiger partial charge is 0.505 e. The number of nitrogens with zero attached hydrogens (tertiary/aromatic N) is 1. The summed E-state index contributed by atoms with van der Waals surface area (Å²) in [7, 11) is 0. The summed E-state index contributed by atoms with van der Waals surface area (Å²) in [6.07, 6.45) is 3.59. The van der Waals surface area contributed by atoms with Gasteiger partial charge in [-0.3, -0.25) is 14.4 Å². The van der Waals surface area contributed by atoms with Crippen molar-refractivity contribution < 1.29 is 24.6 Å². The Morgan fingerprint density at radius 2 is 2.09 bits per heavy atom. The number of aliphatic carboxylic acids is 1. The molecule has 1 aromatic rings. The summed E-state index contributed by atoms with van der Waals surface area (Å²) in [4.78, 5) is 36.1. The monoisotopic (exact) mass is 303 g/mol. The van der Waals surface area contributed by atoms with Crippen LogP contribution >= 0.6 is 0 Å². The fourth-order valence-corrected chi connectivity index (χ4v) is 3.23. The number of hydrogen-bond acceptors (Lipinski definition) is 4. The summed E-state index contributed by atoms with van der Waals surface area (Å²) in [5.74, 6) is -3.32. The van der Waals surface area contributed by atoms with Crippen molar-refractivity contribution in [3.63, 3.8) is 0 Å². The number of carboxylic acids is 1. The third-order valence-corrected chi connectivity index (χ3v) is 4.71. The molecule has 1 atom stereocenters. The molecular weight excluding hydrogens is 286 g/mol. The van der Waals surface area contributed by atoms with Gasteiger partial charge in [0, 0.05) is 12.6 Å². The van der Waals surface area contributed by atoms with Crippen LogP contribution in [0.2, 0.25) is 0 Å². The Balaban J connectivity index is 2.03. The molecule has 1 saturated carbocycles. The van der Waals surface area contributed by atoms with Gasteiger partial charge in [0.2, 0.25) is 0 Å². The van der Waals surface area contributed by atoms with Crippen LogP contribution in [0.1, 0.15) is 38.3 Å². The zero-order valence-corrected chi connectivity index (χ0v) is 12.2.